The van der Waals surface area contributed by atoms with Crippen molar-refractivity contribution >= 4 is 46.4 Å². The predicted octanol–water partition coefficient (Wildman–Crippen LogP) is 8.39. The Bertz CT molecular complexity index is 2250. The van der Waals surface area contributed by atoms with Crippen LogP contribution in [-0.2, 0) is 27.3 Å². The largest absolute Gasteiger partial charge is 0.478 e. The van der Waals surface area contributed by atoms with Gasteiger partial charge in [0.2, 0.25) is 11.8 Å². The Balaban J connectivity index is 1.03. The molecule has 3 amide bonds. The molecule has 5 aliphatic rings. The number of carbonyl (C=O) groups is 4. The molecule has 3 N–H and O–H groups in total. The van der Waals surface area contributed by atoms with E-state index < -0.39 is 11.5 Å². The van der Waals surface area contributed by atoms with Crippen LogP contribution in [-0.4, -0.2) is 80.9 Å². The zero-order valence-corrected chi connectivity index (χ0v) is 34.1. The first-order valence-corrected chi connectivity index (χ1v) is 22.2. The third-order valence-corrected chi connectivity index (χ3v) is 14.1. The molecule has 1 unspecified atom stereocenters. The highest BCUT2D eigenvalue weighted by molar-refractivity contribution is 6.06. The highest BCUT2D eigenvalue weighted by Gasteiger charge is 2.43. The summed E-state index contributed by atoms with van der Waals surface area (Å²) in [4.78, 5) is 58.8. The van der Waals surface area contributed by atoms with E-state index in [4.69, 9.17) is 5.11 Å². The molecule has 4 aromatic rings. The smallest absolute Gasteiger partial charge is 0.328 e. The molecule has 10 heteroatoms. The van der Waals surface area contributed by atoms with E-state index in [-0.39, 0.29) is 23.6 Å². The summed E-state index contributed by atoms with van der Waals surface area (Å²) in [6, 6.07) is 22.3. The number of hydrogen-bond acceptors (Lipinski definition) is 5. The van der Waals surface area contributed by atoms with Crippen molar-refractivity contribution in [3.8, 4) is 11.3 Å². The van der Waals surface area contributed by atoms with Crippen LogP contribution in [0.4, 0.5) is 5.69 Å². The van der Waals surface area contributed by atoms with Gasteiger partial charge in [0.25, 0.3) is 5.91 Å². The van der Waals surface area contributed by atoms with Crippen LogP contribution in [0, 0.1) is 5.92 Å². The van der Waals surface area contributed by atoms with Crippen LogP contribution in [0.1, 0.15) is 116 Å². The minimum Gasteiger partial charge on any atom is -0.478 e. The number of aliphatic carboxylic acids is 1. The second-order valence-corrected chi connectivity index (χ2v) is 17.8. The summed E-state index contributed by atoms with van der Waals surface area (Å²) in [5, 5.41) is 16.4. The Morgan fingerprint density at radius 1 is 0.780 bits per heavy atom. The van der Waals surface area contributed by atoms with E-state index >= 15 is 0 Å². The monoisotopic (exact) mass is 795 g/mol. The van der Waals surface area contributed by atoms with E-state index in [1.54, 1.807) is 24.3 Å². The fourth-order valence-corrected chi connectivity index (χ4v) is 11.0. The van der Waals surface area contributed by atoms with E-state index in [0.29, 0.717) is 54.6 Å². The molecule has 308 valence electrons. The highest BCUT2D eigenvalue weighted by Crippen LogP contribution is 2.47. The number of nitrogens with zero attached hydrogens (tertiary/aromatic N) is 3. The molecule has 2 saturated carbocycles. The number of benzene rings is 3. The molecule has 3 aliphatic heterocycles. The molecule has 2 saturated heterocycles. The van der Waals surface area contributed by atoms with E-state index in [0.717, 1.165) is 68.6 Å². The van der Waals surface area contributed by atoms with Gasteiger partial charge < -0.3 is 30.1 Å². The summed E-state index contributed by atoms with van der Waals surface area (Å²) in [5.74, 6) is -1.14. The van der Waals surface area contributed by atoms with Gasteiger partial charge in [-0.3, -0.25) is 14.4 Å². The van der Waals surface area contributed by atoms with Crippen molar-refractivity contribution in [1.82, 2.24) is 19.7 Å². The number of hydrogen-bond donors (Lipinski definition) is 3. The molecule has 2 aliphatic carbocycles. The molecule has 1 aromatic heterocycles. The van der Waals surface area contributed by atoms with Crippen LogP contribution in [0.3, 0.4) is 0 Å². The number of amides is 3. The van der Waals surface area contributed by atoms with Gasteiger partial charge in [0.1, 0.15) is 5.54 Å². The Kier molecular flexibility index (Phi) is 11.2. The first-order valence-electron chi connectivity index (χ1n) is 22.2. The topological polar surface area (TPSA) is 124 Å². The van der Waals surface area contributed by atoms with Gasteiger partial charge in [-0.1, -0.05) is 74.6 Å². The normalized spacial score (nSPS) is 21.3. The minimum absolute atomic E-state index is 0.222. The Morgan fingerprint density at radius 3 is 2.24 bits per heavy atom. The molecule has 4 heterocycles. The van der Waals surface area contributed by atoms with Crippen molar-refractivity contribution in [3.05, 3.63) is 95.1 Å². The van der Waals surface area contributed by atoms with Crippen molar-refractivity contribution in [1.29, 1.82) is 0 Å². The zero-order valence-electron chi connectivity index (χ0n) is 34.1. The summed E-state index contributed by atoms with van der Waals surface area (Å²) in [6.07, 6.45) is 16.5. The third kappa shape index (κ3) is 7.96. The summed E-state index contributed by atoms with van der Waals surface area (Å²) >= 11 is 0. The van der Waals surface area contributed by atoms with Crippen LogP contribution in [0.5, 0.6) is 0 Å². The average Bonchev–Trinajstić information content (AvgIpc) is 4.02. The SMILES string of the molecule is O=C(O)C=Cc1ccc(NC(=O)C2(NC(=O)c3ccc4c(C5CCCCC5)c5n(c4c3)CC(C(=O)N3CCC(N4CCCC4)CC3)Cc3ccccc3-5)CCCC2)cc1. The van der Waals surface area contributed by atoms with Gasteiger partial charge in [-0.2, -0.15) is 0 Å². The van der Waals surface area contributed by atoms with E-state index in [2.05, 4.69) is 55.3 Å². The molecule has 59 heavy (non-hydrogen) atoms. The summed E-state index contributed by atoms with van der Waals surface area (Å²) < 4.78 is 2.38. The number of aromatic nitrogens is 1. The molecule has 9 rings (SSSR count). The van der Waals surface area contributed by atoms with Crippen molar-refractivity contribution in [2.24, 2.45) is 5.92 Å². The average molecular weight is 796 g/mol. The van der Waals surface area contributed by atoms with Crippen LogP contribution in [0.2, 0.25) is 0 Å². The lowest BCUT2D eigenvalue weighted by Crippen LogP contribution is -2.55. The standard InChI is InChI=1S/C49H57N5O5/c55-43(56)21-16-33-14-18-38(19-15-33)50-48(59)49(24-6-7-25-49)51-46(57)36-17-20-41-42(31-36)54-32-37(47(58)53-28-22-39(23-29-53)52-26-8-9-27-52)30-35-12-4-5-13-40(35)45(54)44(41)34-10-2-1-3-11-34/h4-5,12-21,31,34,37,39H,1-3,6-11,22-30,32H2,(H,50,59)(H,51,57)(H,55,56). The number of rotatable bonds is 9. The lowest BCUT2D eigenvalue weighted by Gasteiger charge is -2.38. The van der Waals surface area contributed by atoms with Crippen LogP contribution >= 0.6 is 0 Å². The van der Waals surface area contributed by atoms with Gasteiger partial charge >= 0.3 is 5.97 Å². The number of fused-ring (bicyclic) bond motifs is 5. The molecule has 10 nitrogen and oxygen atoms in total. The molecule has 0 spiro atoms. The quantitative estimate of drug-likeness (QED) is 0.146. The van der Waals surface area contributed by atoms with Gasteiger partial charge in [-0.05, 0) is 124 Å². The van der Waals surface area contributed by atoms with E-state index in [9.17, 15) is 19.2 Å². The Hall–Kier alpha value is -5.22. The van der Waals surface area contributed by atoms with Crippen LogP contribution < -0.4 is 10.6 Å². The number of nitrogens with one attached hydrogen (secondary N) is 2. The van der Waals surface area contributed by atoms with Crippen LogP contribution in [0.25, 0.3) is 28.2 Å². The van der Waals surface area contributed by atoms with Crippen molar-refractivity contribution in [2.45, 2.75) is 114 Å². The second kappa shape index (κ2) is 16.8. The Labute approximate surface area is 347 Å². The molecule has 0 bridgehead atoms. The maximum absolute atomic E-state index is 14.6. The molecule has 0 radical (unpaired) electrons. The molecule has 4 fully saturated rings. The second-order valence-electron chi connectivity index (χ2n) is 17.8. The van der Waals surface area contributed by atoms with Crippen molar-refractivity contribution < 1.29 is 24.3 Å². The first-order chi connectivity index (χ1) is 28.8. The lowest BCUT2D eigenvalue weighted by molar-refractivity contribution is -0.137. The van der Waals surface area contributed by atoms with Gasteiger partial charge in [0.15, 0.2) is 0 Å². The van der Waals surface area contributed by atoms with Crippen molar-refractivity contribution in [2.75, 3.05) is 31.5 Å². The highest BCUT2D eigenvalue weighted by atomic mass is 16.4. The summed E-state index contributed by atoms with van der Waals surface area (Å²) in [5.41, 5.74) is 6.70. The number of anilines is 1. The molecule has 1 atom stereocenters. The lowest BCUT2D eigenvalue weighted by atomic mass is 9.81. The number of likely N-dealkylation sites (tertiary alicyclic amines) is 2. The minimum atomic E-state index is -1.06. The maximum atomic E-state index is 14.6. The third-order valence-electron chi connectivity index (χ3n) is 14.1. The van der Waals surface area contributed by atoms with E-state index in [1.807, 2.05) is 12.1 Å². The maximum Gasteiger partial charge on any atom is 0.328 e. The zero-order chi connectivity index (χ0) is 40.5. The number of carboxylic acids is 1. The van der Waals surface area contributed by atoms with Crippen molar-refractivity contribution in [3.63, 3.8) is 0 Å². The Morgan fingerprint density at radius 2 is 1.51 bits per heavy atom. The number of carboxylic acid groups (broad SMARTS) is 1. The fraction of sp³-hybridized carbons (Fsp3) is 0.469. The van der Waals surface area contributed by atoms with Gasteiger partial charge in [-0.25, -0.2) is 4.79 Å². The fourth-order valence-electron chi connectivity index (χ4n) is 11.0. The van der Waals surface area contributed by atoms with E-state index in [1.165, 1.54) is 73.7 Å². The predicted molar refractivity (Wildman–Crippen MR) is 231 cm³/mol. The molecule has 3 aromatic carbocycles. The molecular formula is C49H57N5O5. The number of piperidine rings is 1. The van der Waals surface area contributed by atoms with Gasteiger partial charge in [0.05, 0.1) is 11.6 Å². The summed E-state index contributed by atoms with van der Waals surface area (Å²) in [6.45, 7) is 4.54. The first kappa shape index (κ1) is 39.3. The van der Waals surface area contributed by atoms with Gasteiger partial charge in [-0.15, -0.1) is 0 Å². The summed E-state index contributed by atoms with van der Waals surface area (Å²) in [7, 11) is 0. The number of carbonyl (C=O) groups excluding carboxylic acids is 3. The molecular weight excluding hydrogens is 739 g/mol. The van der Waals surface area contributed by atoms with Crippen LogP contribution in [0.15, 0.2) is 72.8 Å². The van der Waals surface area contributed by atoms with Gasteiger partial charge in [0, 0.05) is 59.5 Å².